The Morgan fingerprint density at radius 3 is 2.43 bits per heavy atom. The number of benzene rings is 3. The summed E-state index contributed by atoms with van der Waals surface area (Å²) in [5.41, 5.74) is 4.68. The minimum atomic E-state index is -0.117. The lowest BCUT2D eigenvalue weighted by molar-refractivity contribution is 0.101. The standard InChI is InChI=1S/C25H20O3/c1-17(2)16-27-21-12-13-22-23(15-21)28-24(25(22)26)14-18-8-10-20(11-9-18)19-6-4-3-5-7-19/h3-15H,1,16H2,2H3. The van der Waals surface area contributed by atoms with Crippen LogP contribution in [0.2, 0.25) is 0 Å². The van der Waals surface area contributed by atoms with Gasteiger partial charge in [0, 0.05) is 6.07 Å². The van der Waals surface area contributed by atoms with Gasteiger partial charge in [0.25, 0.3) is 0 Å². The first kappa shape index (κ1) is 17.8. The molecule has 3 aromatic rings. The molecule has 138 valence electrons. The second kappa shape index (κ2) is 7.57. The average Bonchev–Trinajstić information content (AvgIpc) is 3.02. The number of hydrogen-bond donors (Lipinski definition) is 0. The van der Waals surface area contributed by atoms with E-state index in [9.17, 15) is 4.79 Å². The quantitative estimate of drug-likeness (QED) is 0.414. The third-order valence-corrected chi connectivity index (χ3v) is 4.44. The molecular weight excluding hydrogens is 348 g/mol. The van der Waals surface area contributed by atoms with Crippen LogP contribution in [0, 0.1) is 0 Å². The highest BCUT2D eigenvalue weighted by Crippen LogP contribution is 2.35. The van der Waals surface area contributed by atoms with Crippen LogP contribution < -0.4 is 9.47 Å². The lowest BCUT2D eigenvalue weighted by Crippen LogP contribution is -1.98. The molecule has 0 saturated carbocycles. The largest absolute Gasteiger partial charge is 0.489 e. The third-order valence-electron chi connectivity index (χ3n) is 4.44. The Labute approximate surface area is 164 Å². The van der Waals surface area contributed by atoms with Crippen LogP contribution in [-0.2, 0) is 0 Å². The van der Waals surface area contributed by atoms with Gasteiger partial charge in [-0.3, -0.25) is 4.79 Å². The maximum absolute atomic E-state index is 12.6. The molecule has 4 rings (SSSR count). The lowest BCUT2D eigenvalue weighted by atomic mass is 10.0. The maximum Gasteiger partial charge on any atom is 0.231 e. The second-order valence-corrected chi connectivity index (χ2v) is 6.83. The van der Waals surface area contributed by atoms with Gasteiger partial charge in [0.1, 0.15) is 18.1 Å². The van der Waals surface area contributed by atoms with Crippen LogP contribution in [-0.4, -0.2) is 12.4 Å². The fraction of sp³-hybridized carbons (Fsp3) is 0.0800. The summed E-state index contributed by atoms with van der Waals surface area (Å²) in [5, 5.41) is 0. The molecule has 0 bridgehead atoms. The number of rotatable bonds is 5. The Morgan fingerprint density at radius 2 is 1.71 bits per heavy atom. The summed E-state index contributed by atoms with van der Waals surface area (Å²) in [5.74, 6) is 1.38. The average molecular weight is 368 g/mol. The molecule has 3 heteroatoms. The Morgan fingerprint density at radius 1 is 1.00 bits per heavy atom. The van der Waals surface area contributed by atoms with Crippen molar-refractivity contribution in [3.63, 3.8) is 0 Å². The van der Waals surface area contributed by atoms with E-state index in [2.05, 4.69) is 18.7 Å². The summed E-state index contributed by atoms with van der Waals surface area (Å²) in [6.45, 7) is 6.15. The van der Waals surface area contributed by atoms with E-state index in [0.717, 1.165) is 22.3 Å². The van der Waals surface area contributed by atoms with Crippen molar-refractivity contribution in [2.24, 2.45) is 0 Å². The molecule has 0 unspecified atom stereocenters. The second-order valence-electron chi connectivity index (χ2n) is 6.83. The van der Waals surface area contributed by atoms with E-state index >= 15 is 0 Å². The number of fused-ring (bicyclic) bond motifs is 1. The molecule has 0 fully saturated rings. The van der Waals surface area contributed by atoms with Crippen LogP contribution in [0.15, 0.2) is 90.7 Å². The summed E-state index contributed by atoms with van der Waals surface area (Å²) < 4.78 is 11.4. The van der Waals surface area contributed by atoms with E-state index < -0.39 is 0 Å². The number of hydrogen-bond acceptors (Lipinski definition) is 3. The molecule has 1 heterocycles. The zero-order valence-corrected chi connectivity index (χ0v) is 15.6. The summed E-state index contributed by atoms with van der Waals surface area (Å²) in [6.07, 6.45) is 1.77. The summed E-state index contributed by atoms with van der Waals surface area (Å²) >= 11 is 0. The van der Waals surface area contributed by atoms with Crippen molar-refractivity contribution in [2.75, 3.05) is 6.61 Å². The Kier molecular flexibility index (Phi) is 4.81. The topological polar surface area (TPSA) is 35.5 Å². The van der Waals surface area contributed by atoms with Crippen molar-refractivity contribution >= 4 is 11.9 Å². The van der Waals surface area contributed by atoms with Crippen molar-refractivity contribution in [3.8, 4) is 22.6 Å². The van der Waals surface area contributed by atoms with Crippen LogP contribution in [0.1, 0.15) is 22.8 Å². The van der Waals surface area contributed by atoms with E-state index in [1.54, 1.807) is 24.3 Å². The minimum absolute atomic E-state index is 0.117. The van der Waals surface area contributed by atoms with E-state index in [-0.39, 0.29) is 5.78 Å². The van der Waals surface area contributed by atoms with E-state index in [1.807, 2.05) is 49.4 Å². The van der Waals surface area contributed by atoms with Crippen LogP contribution in [0.5, 0.6) is 11.5 Å². The van der Waals surface area contributed by atoms with Gasteiger partial charge in [0.2, 0.25) is 5.78 Å². The van der Waals surface area contributed by atoms with Crippen LogP contribution in [0.3, 0.4) is 0 Å². The van der Waals surface area contributed by atoms with Gasteiger partial charge >= 0.3 is 0 Å². The van der Waals surface area contributed by atoms with Gasteiger partial charge in [-0.15, -0.1) is 0 Å². The van der Waals surface area contributed by atoms with Crippen molar-refractivity contribution in [1.29, 1.82) is 0 Å². The van der Waals surface area contributed by atoms with Gasteiger partial charge in [0.15, 0.2) is 5.76 Å². The molecule has 0 aliphatic carbocycles. The first-order chi connectivity index (χ1) is 13.6. The van der Waals surface area contributed by atoms with Gasteiger partial charge in [-0.1, -0.05) is 61.2 Å². The van der Waals surface area contributed by atoms with Crippen LogP contribution >= 0.6 is 0 Å². The van der Waals surface area contributed by atoms with Crippen molar-refractivity contribution in [2.45, 2.75) is 6.92 Å². The van der Waals surface area contributed by atoms with E-state index in [4.69, 9.17) is 9.47 Å². The number of ether oxygens (including phenoxy) is 2. The number of allylic oxidation sites excluding steroid dienone is 1. The molecule has 28 heavy (non-hydrogen) atoms. The molecule has 0 saturated heterocycles. The van der Waals surface area contributed by atoms with E-state index in [0.29, 0.717) is 29.4 Å². The van der Waals surface area contributed by atoms with Gasteiger partial charge in [-0.25, -0.2) is 0 Å². The molecule has 1 aliphatic rings. The normalized spacial score (nSPS) is 13.9. The zero-order valence-electron chi connectivity index (χ0n) is 15.6. The third kappa shape index (κ3) is 3.74. The lowest BCUT2D eigenvalue weighted by Gasteiger charge is -2.06. The highest BCUT2D eigenvalue weighted by atomic mass is 16.5. The SMILES string of the molecule is C=C(C)COc1ccc2c(c1)OC(=Cc1ccc(-c3ccccc3)cc1)C2=O. The molecule has 0 aromatic heterocycles. The first-order valence-corrected chi connectivity index (χ1v) is 9.11. The number of carbonyl (C=O) groups excluding carboxylic acids is 1. The molecule has 1 aliphatic heterocycles. The summed E-state index contributed by atoms with van der Waals surface area (Å²) in [7, 11) is 0. The molecule has 3 aromatic carbocycles. The predicted molar refractivity (Wildman–Crippen MR) is 112 cm³/mol. The highest BCUT2D eigenvalue weighted by molar-refractivity contribution is 6.14. The van der Waals surface area contributed by atoms with Gasteiger partial charge in [-0.05, 0) is 47.4 Å². The van der Waals surface area contributed by atoms with Crippen molar-refractivity contribution in [1.82, 2.24) is 0 Å². The summed E-state index contributed by atoms with van der Waals surface area (Å²) in [6, 6.07) is 23.5. The first-order valence-electron chi connectivity index (χ1n) is 9.11. The van der Waals surface area contributed by atoms with Gasteiger partial charge in [-0.2, -0.15) is 0 Å². The fourth-order valence-electron chi connectivity index (χ4n) is 3.02. The molecule has 0 amide bonds. The van der Waals surface area contributed by atoms with E-state index in [1.165, 1.54) is 0 Å². The van der Waals surface area contributed by atoms with Gasteiger partial charge in [0.05, 0.1) is 5.56 Å². The maximum atomic E-state index is 12.6. The van der Waals surface area contributed by atoms with Crippen molar-refractivity contribution in [3.05, 3.63) is 102 Å². The van der Waals surface area contributed by atoms with Gasteiger partial charge < -0.3 is 9.47 Å². The smallest absolute Gasteiger partial charge is 0.231 e. The fourth-order valence-corrected chi connectivity index (χ4v) is 3.02. The van der Waals surface area contributed by atoms with Crippen molar-refractivity contribution < 1.29 is 14.3 Å². The molecule has 0 radical (unpaired) electrons. The van der Waals surface area contributed by atoms with Crippen LogP contribution in [0.4, 0.5) is 0 Å². The predicted octanol–water partition coefficient (Wildman–Crippen LogP) is 5.92. The molecule has 0 N–H and O–H groups in total. The molecular formula is C25H20O3. The number of carbonyl (C=O) groups is 1. The Hall–Kier alpha value is -3.59. The Balaban J connectivity index is 1.53. The molecule has 3 nitrogen and oxygen atoms in total. The Bertz CT molecular complexity index is 1060. The van der Waals surface area contributed by atoms with Crippen LogP contribution in [0.25, 0.3) is 17.2 Å². The summed E-state index contributed by atoms with van der Waals surface area (Å²) in [4.78, 5) is 12.6. The molecule has 0 atom stereocenters. The molecule has 0 spiro atoms. The number of Topliss-reactive ketones (excluding diaryl/α,β-unsaturated/α-hetero) is 1. The monoisotopic (exact) mass is 368 g/mol. The number of ketones is 1. The minimum Gasteiger partial charge on any atom is -0.489 e. The highest BCUT2D eigenvalue weighted by Gasteiger charge is 2.27. The zero-order chi connectivity index (χ0) is 19.5.